The Morgan fingerprint density at radius 3 is 2.50 bits per heavy atom. The molecule has 0 saturated carbocycles. The lowest BCUT2D eigenvalue weighted by atomic mass is 10.3. The van der Waals surface area contributed by atoms with E-state index in [-0.39, 0.29) is 4.47 Å². The van der Waals surface area contributed by atoms with E-state index in [1.807, 2.05) is 0 Å². The minimum Gasteiger partial charge on any atom is -0.242 e. The highest BCUT2D eigenvalue weighted by Crippen LogP contribution is 2.26. The van der Waals surface area contributed by atoms with Crippen molar-refractivity contribution in [1.29, 1.82) is 0 Å². The van der Waals surface area contributed by atoms with Crippen molar-refractivity contribution in [3.05, 3.63) is 22.3 Å². The standard InChI is InChI=1S/C6H5BrF2N2O2S/c7-3-1-4(5(8)9)6(11-2-3)14(10,12)13/h1-2,5H,(H2,10,12,13). The van der Waals surface area contributed by atoms with Crippen LogP contribution in [-0.2, 0) is 10.0 Å². The second-order valence-electron chi connectivity index (χ2n) is 2.39. The summed E-state index contributed by atoms with van der Waals surface area (Å²) in [5.74, 6) is 0. The number of sulfonamides is 1. The van der Waals surface area contributed by atoms with Crippen molar-refractivity contribution in [3.63, 3.8) is 0 Å². The molecule has 0 radical (unpaired) electrons. The van der Waals surface area contributed by atoms with Crippen LogP contribution in [0.15, 0.2) is 21.8 Å². The molecule has 0 amide bonds. The summed E-state index contributed by atoms with van der Waals surface area (Å²) in [6.45, 7) is 0. The van der Waals surface area contributed by atoms with Gasteiger partial charge in [-0.2, -0.15) is 0 Å². The van der Waals surface area contributed by atoms with E-state index in [0.29, 0.717) is 0 Å². The lowest BCUT2D eigenvalue weighted by molar-refractivity contribution is 0.147. The molecule has 0 saturated heterocycles. The lowest BCUT2D eigenvalue weighted by Gasteiger charge is -2.05. The van der Waals surface area contributed by atoms with Gasteiger partial charge in [0.1, 0.15) is 0 Å². The molecule has 0 spiro atoms. The molecule has 2 N–H and O–H groups in total. The lowest BCUT2D eigenvalue weighted by Crippen LogP contribution is -2.16. The number of pyridine rings is 1. The topological polar surface area (TPSA) is 73.1 Å². The molecule has 1 aromatic heterocycles. The SMILES string of the molecule is NS(=O)(=O)c1ncc(Br)cc1C(F)F. The molecule has 1 heterocycles. The van der Waals surface area contributed by atoms with E-state index < -0.39 is 27.0 Å². The second-order valence-corrected chi connectivity index (χ2v) is 4.79. The average Bonchev–Trinajstić information content (AvgIpc) is 2.01. The summed E-state index contributed by atoms with van der Waals surface area (Å²) < 4.78 is 46.7. The van der Waals surface area contributed by atoms with Crippen LogP contribution in [0.25, 0.3) is 0 Å². The number of nitrogens with zero attached hydrogens (tertiary/aromatic N) is 1. The molecule has 0 bridgehead atoms. The largest absolute Gasteiger partial charge is 0.266 e. The average molecular weight is 287 g/mol. The van der Waals surface area contributed by atoms with Crippen molar-refractivity contribution in [1.82, 2.24) is 4.98 Å². The number of rotatable bonds is 2. The Hall–Kier alpha value is -0.600. The van der Waals surface area contributed by atoms with Gasteiger partial charge in [0.05, 0.1) is 5.56 Å². The van der Waals surface area contributed by atoms with Crippen LogP contribution in [0.1, 0.15) is 12.0 Å². The summed E-state index contributed by atoms with van der Waals surface area (Å²) in [4.78, 5) is 3.33. The summed E-state index contributed by atoms with van der Waals surface area (Å²) in [6, 6.07) is 0.970. The van der Waals surface area contributed by atoms with Crippen molar-refractivity contribution in [2.45, 2.75) is 11.5 Å². The van der Waals surface area contributed by atoms with Gasteiger partial charge in [-0.25, -0.2) is 27.3 Å². The zero-order valence-electron chi connectivity index (χ0n) is 6.62. The van der Waals surface area contributed by atoms with Crippen molar-refractivity contribution in [2.75, 3.05) is 0 Å². The van der Waals surface area contributed by atoms with Crippen molar-refractivity contribution >= 4 is 26.0 Å². The van der Waals surface area contributed by atoms with E-state index in [1.165, 1.54) is 0 Å². The van der Waals surface area contributed by atoms with Gasteiger partial charge < -0.3 is 0 Å². The van der Waals surface area contributed by atoms with Crippen molar-refractivity contribution < 1.29 is 17.2 Å². The van der Waals surface area contributed by atoms with Crippen LogP contribution in [0.2, 0.25) is 0 Å². The monoisotopic (exact) mass is 286 g/mol. The fraction of sp³-hybridized carbons (Fsp3) is 0.167. The molecular weight excluding hydrogens is 282 g/mol. The van der Waals surface area contributed by atoms with E-state index >= 15 is 0 Å². The second kappa shape index (κ2) is 3.87. The highest BCUT2D eigenvalue weighted by atomic mass is 79.9. The maximum atomic E-state index is 12.4. The third-order valence-electron chi connectivity index (χ3n) is 1.35. The Morgan fingerprint density at radius 2 is 2.07 bits per heavy atom. The van der Waals surface area contributed by atoms with Crippen molar-refractivity contribution in [2.24, 2.45) is 5.14 Å². The molecule has 0 aliphatic carbocycles. The first-order valence-corrected chi connectivity index (χ1v) is 5.62. The quantitative estimate of drug-likeness (QED) is 0.894. The van der Waals surface area contributed by atoms with Gasteiger partial charge in [-0.3, -0.25) is 0 Å². The number of hydrogen-bond acceptors (Lipinski definition) is 3. The minimum absolute atomic E-state index is 0.264. The molecule has 0 aliphatic rings. The number of halogens is 3. The maximum Gasteiger partial charge on any atom is 0.266 e. The smallest absolute Gasteiger partial charge is 0.242 e. The summed E-state index contributed by atoms with van der Waals surface area (Å²) in [7, 11) is -4.21. The molecular formula is C6H5BrF2N2O2S. The number of hydrogen-bond donors (Lipinski definition) is 1. The van der Waals surface area contributed by atoms with E-state index in [2.05, 4.69) is 20.9 Å². The predicted octanol–water partition coefficient (Wildman–Crippen LogP) is 1.43. The van der Waals surface area contributed by atoms with Gasteiger partial charge in [0.2, 0.25) is 0 Å². The van der Waals surface area contributed by atoms with E-state index in [0.717, 1.165) is 12.3 Å². The van der Waals surface area contributed by atoms with Crippen molar-refractivity contribution in [3.8, 4) is 0 Å². The molecule has 0 atom stereocenters. The minimum atomic E-state index is -4.21. The van der Waals surface area contributed by atoms with Crippen LogP contribution in [-0.4, -0.2) is 13.4 Å². The third-order valence-corrected chi connectivity index (χ3v) is 2.66. The number of alkyl halides is 2. The van der Waals surface area contributed by atoms with Gasteiger partial charge in [0.15, 0.2) is 5.03 Å². The predicted molar refractivity (Wildman–Crippen MR) is 48.3 cm³/mol. The Bertz CT molecular complexity index is 449. The fourth-order valence-corrected chi connectivity index (χ4v) is 1.86. The van der Waals surface area contributed by atoms with Gasteiger partial charge in [-0.05, 0) is 22.0 Å². The molecule has 4 nitrogen and oxygen atoms in total. The third kappa shape index (κ3) is 2.46. The van der Waals surface area contributed by atoms with Crippen LogP contribution in [0.3, 0.4) is 0 Å². The van der Waals surface area contributed by atoms with Gasteiger partial charge in [0, 0.05) is 10.7 Å². The number of nitrogens with two attached hydrogens (primary N) is 1. The summed E-state index contributed by atoms with van der Waals surface area (Å²) >= 11 is 2.90. The molecule has 78 valence electrons. The first-order chi connectivity index (χ1) is 6.32. The molecule has 0 fully saturated rings. The summed E-state index contributed by atoms with van der Waals surface area (Å²) in [5.41, 5.74) is -0.707. The zero-order chi connectivity index (χ0) is 10.9. The Balaban J connectivity index is 3.45. The molecule has 1 rings (SSSR count). The summed E-state index contributed by atoms with van der Waals surface area (Å²) in [5, 5.41) is 3.91. The first-order valence-electron chi connectivity index (χ1n) is 3.29. The van der Waals surface area contributed by atoms with Gasteiger partial charge in [0.25, 0.3) is 16.4 Å². The Kier molecular flexibility index (Phi) is 3.17. The molecule has 0 unspecified atom stereocenters. The number of aromatic nitrogens is 1. The zero-order valence-corrected chi connectivity index (χ0v) is 9.02. The Morgan fingerprint density at radius 1 is 1.50 bits per heavy atom. The van der Waals surface area contributed by atoms with Gasteiger partial charge in [-0.15, -0.1) is 0 Å². The van der Waals surface area contributed by atoms with Gasteiger partial charge >= 0.3 is 0 Å². The fourth-order valence-electron chi connectivity index (χ4n) is 0.836. The van der Waals surface area contributed by atoms with E-state index in [1.54, 1.807) is 0 Å². The molecule has 0 aliphatic heterocycles. The van der Waals surface area contributed by atoms with E-state index in [9.17, 15) is 17.2 Å². The highest BCUT2D eigenvalue weighted by molar-refractivity contribution is 9.10. The van der Waals surface area contributed by atoms with Crippen LogP contribution >= 0.6 is 15.9 Å². The maximum absolute atomic E-state index is 12.4. The molecule has 1 aromatic rings. The normalized spacial score (nSPS) is 12.1. The molecule has 0 aromatic carbocycles. The number of primary sulfonamides is 1. The van der Waals surface area contributed by atoms with Crippen LogP contribution in [0.5, 0.6) is 0 Å². The van der Waals surface area contributed by atoms with Gasteiger partial charge in [-0.1, -0.05) is 0 Å². The highest BCUT2D eigenvalue weighted by Gasteiger charge is 2.22. The Labute approximate surface area is 87.3 Å². The molecule has 14 heavy (non-hydrogen) atoms. The first kappa shape index (κ1) is 11.5. The van der Waals surface area contributed by atoms with E-state index in [4.69, 9.17) is 5.14 Å². The summed E-state index contributed by atoms with van der Waals surface area (Å²) in [6.07, 6.45) is -1.85. The molecule has 8 heteroatoms. The van der Waals surface area contributed by atoms with Crippen LogP contribution in [0.4, 0.5) is 8.78 Å². The van der Waals surface area contributed by atoms with Crippen LogP contribution < -0.4 is 5.14 Å². The van der Waals surface area contributed by atoms with Crippen LogP contribution in [0, 0.1) is 0 Å².